The van der Waals surface area contributed by atoms with Crippen molar-refractivity contribution in [3.05, 3.63) is 45.2 Å². The number of thiophene rings is 1. The molecule has 0 amide bonds. The van der Waals surface area contributed by atoms with E-state index in [1.54, 1.807) is 28.6 Å². The lowest BCUT2D eigenvalue weighted by molar-refractivity contribution is 0.601. The monoisotopic (exact) mass is 441 g/mol. The molecule has 3 aromatic rings. The second-order valence-electron chi connectivity index (χ2n) is 5.18. The average Bonchev–Trinajstić information content (AvgIpc) is 3.26. The van der Waals surface area contributed by atoms with Gasteiger partial charge in [-0.05, 0) is 28.1 Å². The van der Waals surface area contributed by atoms with E-state index in [0.717, 1.165) is 33.9 Å². The van der Waals surface area contributed by atoms with Crippen LogP contribution in [0.5, 0.6) is 0 Å². The third-order valence-electron chi connectivity index (χ3n) is 3.59. The summed E-state index contributed by atoms with van der Waals surface area (Å²) in [5, 5.41) is 5.28. The molecule has 4 rings (SSSR count). The quantitative estimate of drug-likeness (QED) is 0.633. The van der Waals surface area contributed by atoms with Crippen LogP contribution in [0.1, 0.15) is 5.69 Å². The van der Waals surface area contributed by atoms with Gasteiger partial charge < -0.3 is 4.98 Å². The molecule has 0 fully saturated rings. The lowest BCUT2D eigenvalue weighted by Gasteiger charge is -2.08. The van der Waals surface area contributed by atoms with E-state index in [0.29, 0.717) is 10.2 Å². The highest BCUT2D eigenvalue weighted by atomic mass is 79.9. The van der Waals surface area contributed by atoms with Crippen molar-refractivity contribution >= 4 is 70.7 Å². The van der Waals surface area contributed by atoms with Gasteiger partial charge in [0.15, 0.2) is 0 Å². The van der Waals surface area contributed by atoms with Gasteiger partial charge >= 0.3 is 0 Å². The highest BCUT2D eigenvalue weighted by molar-refractivity contribution is 9.10. The van der Waals surface area contributed by atoms with Crippen LogP contribution in [0.3, 0.4) is 0 Å². The molecule has 0 aliphatic carbocycles. The summed E-state index contributed by atoms with van der Waals surface area (Å²) in [7, 11) is -3.64. The van der Waals surface area contributed by atoms with E-state index >= 15 is 0 Å². The Bertz CT molecular complexity index is 1050. The van der Waals surface area contributed by atoms with Gasteiger partial charge in [0.05, 0.1) is 16.9 Å². The number of fused-ring (bicyclic) bond motifs is 1. The molecule has 0 saturated heterocycles. The zero-order chi connectivity index (χ0) is 16.7. The largest absolute Gasteiger partial charge is 0.351 e. The number of thioether (sulfide) groups is 1. The van der Waals surface area contributed by atoms with Crippen molar-refractivity contribution in [2.75, 3.05) is 17.0 Å². The Balaban J connectivity index is 1.76. The summed E-state index contributed by atoms with van der Waals surface area (Å²) in [5.41, 5.74) is 2.22. The summed E-state index contributed by atoms with van der Waals surface area (Å²) in [4.78, 5) is 8.01. The fraction of sp³-hybridized carbons (Fsp3) is 0.133. The Morgan fingerprint density at radius 3 is 2.88 bits per heavy atom. The van der Waals surface area contributed by atoms with Crippen LogP contribution in [0.4, 0.5) is 5.69 Å². The molecule has 24 heavy (non-hydrogen) atoms. The first kappa shape index (κ1) is 16.2. The van der Waals surface area contributed by atoms with Crippen molar-refractivity contribution in [2.24, 2.45) is 4.99 Å². The summed E-state index contributed by atoms with van der Waals surface area (Å²) in [6.07, 6.45) is 0. The summed E-state index contributed by atoms with van der Waals surface area (Å²) >= 11 is 6.32. The summed E-state index contributed by atoms with van der Waals surface area (Å²) in [5.74, 6) is 0.983. The topological polar surface area (TPSA) is 74.3 Å². The number of aromatic nitrogens is 1. The van der Waals surface area contributed by atoms with Crippen LogP contribution in [-0.4, -0.2) is 30.7 Å². The van der Waals surface area contributed by atoms with Crippen molar-refractivity contribution in [3.63, 3.8) is 0 Å². The van der Waals surface area contributed by atoms with Crippen LogP contribution < -0.4 is 4.72 Å². The van der Waals surface area contributed by atoms with Crippen molar-refractivity contribution in [1.29, 1.82) is 0 Å². The third-order valence-corrected chi connectivity index (χ3v) is 8.12. The number of anilines is 1. The van der Waals surface area contributed by atoms with E-state index in [-0.39, 0.29) is 4.90 Å². The Labute approximate surface area is 155 Å². The number of para-hydroxylation sites is 1. The van der Waals surface area contributed by atoms with Crippen molar-refractivity contribution in [1.82, 2.24) is 4.98 Å². The minimum atomic E-state index is -3.64. The maximum absolute atomic E-state index is 12.6. The van der Waals surface area contributed by atoms with Gasteiger partial charge in [-0.15, -0.1) is 23.1 Å². The predicted octanol–water partition coefficient (Wildman–Crippen LogP) is 4.29. The highest BCUT2D eigenvalue weighted by Gasteiger charge is 2.20. The standard InChI is InChI=1S/C15H12BrN3O2S3/c16-10-7-22-8-13(10)24(20,21)19-11-3-1-2-9-6-12(18-14(9)11)15-17-4-5-23-15/h1-3,6-8,18-19H,4-5H2. The van der Waals surface area contributed by atoms with E-state index in [2.05, 4.69) is 30.6 Å². The second-order valence-corrected chi connectivity index (χ2v) is 9.51. The number of halogens is 1. The van der Waals surface area contributed by atoms with E-state index in [9.17, 15) is 8.42 Å². The molecule has 2 aromatic heterocycles. The molecule has 0 spiro atoms. The maximum atomic E-state index is 12.6. The van der Waals surface area contributed by atoms with Gasteiger partial charge in [-0.1, -0.05) is 12.1 Å². The van der Waals surface area contributed by atoms with Crippen LogP contribution in [0.25, 0.3) is 10.9 Å². The molecule has 3 heterocycles. The lowest BCUT2D eigenvalue weighted by Crippen LogP contribution is -2.12. The average molecular weight is 442 g/mol. The molecular weight excluding hydrogens is 430 g/mol. The molecule has 0 atom stereocenters. The van der Waals surface area contributed by atoms with Gasteiger partial charge in [-0.2, -0.15) is 0 Å². The minimum absolute atomic E-state index is 0.243. The number of H-pyrrole nitrogens is 1. The third kappa shape index (κ3) is 2.90. The minimum Gasteiger partial charge on any atom is -0.351 e. The Kier molecular flexibility index (Phi) is 4.19. The van der Waals surface area contributed by atoms with Gasteiger partial charge in [0, 0.05) is 32.9 Å². The Hall–Kier alpha value is -1.29. The number of hydrogen-bond acceptors (Lipinski definition) is 5. The first-order valence-corrected chi connectivity index (χ1v) is 11.3. The number of sulfonamides is 1. The first-order valence-electron chi connectivity index (χ1n) is 7.08. The molecule has 0 bridgehead atoms. The smallest absolute Gasteiger partial charge is 0.263 e. The fourth-order valence-electron chi connectivity index (χ4n) is 2.52. The van der Waals surface area contributed by atoms with Gasteiger partial charge in [-0.3, -0.25) is 9.71 Å². The number of aromatic amines is 1. The van der Waals surface area contributed by atoms with E-state index in [1.165, 1.54) is 11.3 Å². The number of nitrogens with one attached hydrogen (secondary N) is 2. The second kappa shape index (κ2) is 6.21. The van der Waals surface area contributed by atoms with Gasteiger partial charge in [0.1, 0.15) is 9.94 Å². The van der Waals surface area contributed by atoms with Gasteiger partial charge in [0.2, 0.25) is 0 Å². The van der Waals surface area contributed by atoms with E-state index in [4.69, 9.17) is 0 Å². The molecule has 0 saturated carbocycles. The zero-order valence-electron chi connectivity index (χ0n) is 12.2. The number of rotatable bonds is 4. The number of nitrogens with zero attached hydrogens (tertiary/aromatic N) is 1. The van der Waals surface area contributed by atoms with Crippen molar-refractivity contribution < 1.29 is 8.42 Å². The van der Waals surface area contributed by atoms with Crippen LogP contribution in [0.2, 0.25) is 0 Å². The van der Waals surface area contributed by atoms with Crippen LogP contribution in [0, 0.1) is 0 Å². The van der Waals surface area contributed by atoms with Crippen LogP contribution in [-0.2, 0) is 10.0 Å². The number of benzene rings is 1. The van der Waals surface area contributed by atoms with Crippen molar-refractivity contribution in [3.8, 4) is 0 Å². The Morgan fingerprint density at radius 2 is 2.17 bits per heavy atom. The molecular formula is C15H12BrN3O2S3. The molecule has 0 radical (unpaired) electrons. The summed E-state index contributed by atoms with van der Waals surface area (Å²) in [6.45, 7) is 0.820. The van der Waals surface area contributed by atoms with Gasteiger partial charge in [0.25, 0.3) is 10.0 Å². The molecule has 124 valence electrons. The summed E-state index contributed by atoms with van der Waals surface area (Å²) < 4.78 is 28.5. The Morgan fingerprint density at radius 1 is 1.29 bits per heavy atom. The molecule has 0 unspecified atom stereocenters. The first-order chi connectivity index (χ1) is 11.5. The predicted molar refractivity (Wildman–Crippen MR) is 105 cm³/mol. The molecule has 1 aliphatic rings. The zero-order valence-corrected chi connectivity index (χ0v) is 16.3. The molecule has 9 heteroatoms. The van der Waals surface area contributed by atoms with Crippen molar-refractivity contribution in [2.45, 2.75) is 4.90 Å². The lowest BCUT2D eigenvalue weighted by atomic mass is 10.2. The summed E-state index contributed by atoms with van der Waals surface area (Å²) in [6, 6.07) is 7.55. The fourth-order valence-corrected chi connectivity index (χ4v) is 6.77. The van der Waals surface area contributed by atoms with Crippen LogP contribution >= 0.6 is 39.0 Å². The molecule has 1 aromatic carbocycles. The maximum Gasteiger partial charge on any atom is 0.263 e. The number of hydrogen-bond donors (Lipinski definition) is 2. The van der Waals surface area contributed by atoms with Crippen LogP contribution in [0.15, 0.2) is 49.4 Å². The van der Waals surface area contributed by atoms with Gasteiger partial charge in [-0.25, -0.2) is 8.42 Å². The molecule has 2 N–H and O–H groups in total. The number of aliphatic imine (C=N–C) groups is 1. The molecule has 5 nitrogen and oxygen atoms in total. The van der Waals surface area contributed by atoms with E-state index < -0.39 is 10.0 Å². The normalized spacial score (nSPS) is 15.0. The van der Waals surface area contributed by atoms with E-state index in [1.807, 2.05) is 18.2 Å². The SMILES string of the molecule is O=S(=O)(Nc1cccc2cc(C3=NCCS3)[nH]c12)c1cscc1Br. The highest BCUT2D eigenvalue weighted by Crippen LogP contribution is 2.31. The molecule has 1 aliphatic heterocycles.